The van der Waals surface area contributed by atoms with Crippen LogP contribution in [0.15, 0.2) is 60.7 Å². The van der Waals surface area contributed by atoms with Crippen LogP contribution in [0.25, 0.3) is 0 Å². The summed E-state index contributed by atoms with van der Waals surface area (Å²) in [7, 11) is 4.68. The third kappa shape index (κ3) is 3.69. The van der Waals surface area contributed by atoms with Gasteiger partial charge in [-0.2, -0.15) is 5.26 Å². The Hall–Kier alpha value is -3.13. The lowest BCUT2D eigenvalue weighted by Crippen LogP contribution is -2.58. The van der Waals surface area contributed by atoms with Crippen molar-refractivity contribution in [1.29, 1.82) is 5.26 Å². The summed E-state index contributed by atoms with van der Waals surface area (Å²) < 4.78 is 0. The Bertz CT molecular complexity index is 782. The van der Waals surface area contributed by atoms with Gasteiger partial charge >= 0.3 is 6.03 Å². The molecule has 0 radical (unpaired) electrons. The molecule has 5 heteroatoms. The predicted molar refractivity (Wildman–Crippen MR) is 96.1 cm³/mol. The first kappa shape index (κ1) is 18.2. The van der Waals surface area contributed by atoms with Gasteiger partial charge in [0.15, 0.2) is 5.54 Å². The first-order valence-corrected chi connectivity index (χ1v) is 7.92. The second kappa shape index (κ2) is 7.63. The first-order valence-electron chi connectivity index (χ1n) is 7.92. The molecule has 128 valence electrons. The molecule has 0 unspecified atom stereocenters. The Morgan fingerprint density at radius 2 is 1.48 bits per heavy atom. The van der Waals surface area contributed by atoms with Crippen molar-refractivity contribution in [2.24, 2.45) is 0 Å². The minimum absolute atomic E-state index is 0.119. The lowest BCUT2D eigenvalue weighted by Gasteiger charge is -2.36. The van der Waals surface area contributed by atoms with Crippen LogP contribution in [0.2, 0.25) is 0 Å². The van der Waals surface area contributed by atoms with Crippen LogP contribution in [0.3, 0.4) is 0 Å². The molecule has 2 aromatic carbocycles. The number of carbonyl (C=O) groups is 2. The fourth-order valence-electron chi connectivity index (χ4n) is 2.70. The van der Waals surface area contributed by atoms with Crippen LogP contribution in [-0.4, -0.2) is 48.3 Å². The van der Waals surface area contributed by atoms with E-state index in [1.807, 2.05) is 30.3 Å². The fourth-order valence-corrected chi connectivity index (χ4v) is 2.70. The maximum Gasteiger partial charge on any atom is 0.320 e. The Kier molecular flexibility index (Phi) is 5.56. The van der Waals surface area contributed by atoms with Crippen molar-refractivity contribution in [3.63, 3.8) is 0 Å². The van der Waals surface area contributed by atoms with E-state index in [-0.39, 0.29) is 6.42 Å². The normalized spacial score (nSPS) is 12.6. The van der Waals surface area contributed by atoms with Crippen molar-refractivity contribution in [1.82, 2.24) is 9.80 Å². The molecular formula is C20H21N3O2. The van der Waals surface area contributed by atoms with E-state index < -0.39 is 17.4 Å². The third-order valence-electron chi connectivity index (χ3n) is 4.14. The zero-order valence-electron chi connectivity index (χ0n) is 14.6. The van der Waals surface area contributed by atoms with Crippen LogP contribution in [-0.2, 0) is 6.42 Å². The highest BCUT2D eigenvalue weighted by atomic mass is 16.2. The number of carbonyl (C=O) groups excluding carboxylic acids is 2. The number of nitriles is 1. The molecule has 0 aromatic heterocycles. The second-order valence-corrected chi connectivity index (χ2v) is 6.07. The molecule has 1 atom stereocenters. The maximum atomic E-state index is 13.2. The number of hydrogen-bond donors (Lipinski definition) is 0. The predicted octanol–water partition coefficient (Wildman–Crippen LogP) is 2.99. The molecular weight excluding hydrogens is 314 g/mol. The zero-order valence-corrected chi connectivity index (χ0v) is 14.6. The highest BCUT2D eigenvalue weighted by Gasteiger charge is 2.46. The number of urea groups is 1. The highest BCUT2D eigenvalue weighted by molar-refractivity contribution is 6.07. The number of rotatable bonds is 5. The fraction of sp³-hybridized carbons (Fsp3) is 0.250. The number of ketones is 1. The van der Waals surface area contributed by atoms with Crippen molar-refractivity contribution in [3.05, 3.63) is 71.8 Å². The summed E-state index contributed by atoms with van der Waals surface area (Å²) in [5.41, 5.74) is -0.408. The van der Waals surface area contributed by atoms with E-state index in [4.69, 9.17) is 0 Å². The van der Waals surface area contributed by atoms with Gasteiger partial charge in [0.25, 0.3) is 0 Å². The molecule has 0 aliphatic carbocycles. The van der Waals surface area contributed by atoms with Gasteiger partial charge in [-0.1, -0.05) is 60.7 Å². The third-order valence-corrected chi connectivity index (χ3v) is 4.14. The van der Waals surface area contributed by atoms with E-state index in [1.54, 1.807) is 44.4 Å². The Labute approximate surface area is 148 Å². The Morgan fingerprint density at radius 3 is 1.96 bits per heavy atom. The largest absolute Gasteiger partial charge is 0.331 e. The monoisotopic (exact) mass is 335 g/mol. The maximum absolute atomic E-state index is 13.2. The van der Waals surface area contributed by atoms with Crippen LogP contribution >= 0.6 is 0 Å². The van der Waals surface area contributed by atoms with E-state index >= 15 is 0 Å². The van der Waals surface area contributed by atoms with E-state index in [1.165, 1.54) is 16.8 Å². The molecule has 0 aliphatic rings. The minimum atomic E-state index is -1.62. The van der Waals surface area contributed by atoms with Gasteiger partial charge < -0.3 is 9.80 Å². The van der Waals surface area contributed by atoms with Gasteiger partial charge in [-0.3, -0.25) is 4.79 Å². The van der Waals surface area contributed by atoms with Crippen molar-refractivity contribution >= 4 is 11.8 Å². The molecule has 2 rings (SSSR count). The van der Waals surface area contributed by atoms with Gasteiger partial charge in [0, 0.05) is 33.1 Å². The van der Waals surface area contributed by atoms with Gasteiger partial charge in [0.1, 0.15) is 0 Å². The lowest BCUT2D eigenvalue weighted by molar-refractivity contribution is 0.0759. The average Bonchev–Trinajstić information content (AvgIpc) is 2.65. The molecule has 0 fully saturated rings. The molecule has 5 nitrogen and oxygen atoms in total. The second-order valence-electron chi connectivity index (χ2n) is 6.07. The van der Waals surface area contributed by atoms with E-state index in [0.717, 1.165) is 5.56 Å². The summed E-state index contributed by atoms with van der Waals surface area (Å²) in [4.78, 5) is 28.3. The van der Waals surface area contributed by atoms with Crippen LogP contribution < -0.4 is 0 Å². The van der Waals surface area contributed by atoms with Crippen molar-refractivity contribution in [3.8, 4) is 6.07 Å². The van der Waals surface area contributed by atoms with Gasteiger partial charge in [0.05, 0.1) is 6.07 Å². The van der Waals surface area contributed by atoms with Gasteiger partial charge in [-0.25, -0.2) is 4.79 Å². The number of nitrogens with zero attached hydrogens (tertiary/aromatic N) is 3. The Balaban J connectivity index is 2.55. The summed E-state index contributed by atoms with van der Waals surface area (Å²) in [5, 5.41) is 9.99. The molecule has 0 heterocycles. The summed E-state index contributed by atoms with van der Waals surface area (Å²) in [6.45, 7) is 0. The molecule has 0 aliphatic heterocycles. The number of hydrogen-bond acceptors (Lipinski definition) is 3. The minimum Gasteiger partial charge on any atom is -0.331 e. The van der Waals surface area contributed by atoms with Crippen LogP contribution in [0.5, 0.6) is 0 Å². The van der Waals surface area contributed by atoms with E-state index in [2.05, 4.69) is 6.07 Å². The first-order chi connectivity index (χ1) is 11.9. The number of amides is 2. The summed E-state index contributed by atoms with van der Waals surface area (Å²) >= 11 is 0. The molecule has 0 saturated heterocycles. The summed E-state index contributed by atoms with van der Waals surface area (Å²) in [6, 6.07) is 19.6. The number of likely N-dealkylation sites (N-methyl/N-ethyl adjacent to an activating group) is 1. The average molecular weight is 335 g/mol. The van der Waals surface area contributed by atoms with Gasteiger partial charge in [0.2, 0.25) is 5.78 Å². The zero-order chi connectivity index (χ0) is 18.4. The van der Waals surface area contributed by atoms with Crippen molar-refractivity contribution in [2.75, 3.05) is 21.1 Å². The topological polar surface area (TPSA) is 64.4 Å². The smallest absolute Gasteiger partial charge is 0.320 e. The molecule has 25 heavy (non-hydrogen) atoms. The quantitative estimate of drug-likeness (QED) is 0.789. The molecule has 2 aromatic rings. The van der Waals surface area contributed by atoms with Crippen LogP contribution in [0.1, 0.15) is 15.9 Å². The highest BCUT2D eigenvalue weighted by Crippen LogP contribution is 2.26. The number of Topliss-reactive ketones (excluding diaryl/α,β-unsaturated/α-hetero) is 1. The van der Waals surface area contributed by atoms with Gasteiger partial charge in [-0.15, -0.1) is 0 Å². The molecule has 0 saturated carbocycles. The molecule has 0 N–H and O–H groups in total. The molecule has 0 spiro atoms. The van der Waals surface area contributed by atoms with Crippen LogP contribution in [0.4, 0.5) is 4.79 Å². The number of benzene rings is 2. The Morgan fingerprint density at radius 1 is 0.960 bits per heavy atom. The molecule has 0 bridgehead atoms. The van der Waals surface area contributed by atoms with Gasteiger partial charge in [-0.05, 0) is 5.56 Å². The SMILES string of the molecule is CN(C)C(=O)N(C)[C@](C#N)(Cc1ccccc1)C(=O)c1ccccc1. The van der Waals surface area contributed by atoms with E-state index in [0.29, 0.717) is 5.56 Å². The summed E-state index contributed by atoms with van der Waals surface area (Å²) in [5.74, 6) is -0.392. The van der Waals surface area contributed by atoms with E-state index in [9.17, 15) is 14.9 Å². The summed E-state index contributed by atoms with van der Waals surface area (Å²) in [6.07, 6.45) is 0.119. The lowest BCUT2D eigenvalue weighted by atomic mass is 9.83. The molecule has 2 amide bonds. The van der Waals surface area contributed by atoms with Crippen molar-refractivity contribution in [2.45, 2.75) is 12.0 Å². The standard InChI is InChI=1S/C20H21N3O2/c1-22(2)19(25)23(3)20(15-21,14-16-10-6-4-7-11-16)18(24)17-12-8-5-9-13-17/h4-13H,14H2,1-3H3/t20-/m0/s1. The van der Waals surface area contributed by atoms with Crippen LogP contribution in [0, 0.1) is 11.3 Å². The van der Waals surface area contributed by atoms with Crippen molar-refractivity contribution < 1.29 is 9.59 Å².